The van der Waals surface area contributed by atoms with Gasteiger partial charge in [0, 0.05) is 32.7 Å². The summed E-state index contributed by atoms with van der Waals surface area (Å²) in [6.45, 7) is 11.5. The van der Waals surface area contributed by atoms with Gasteiger partial charge in [0.25, 0.3) is 0 Å². The van der Waals surface area contributed by atoms with Gasteiger partial charge in [0.1, 0.15) is 28.6 Å². The number of nitrogens with zero attached hydrogens (tertiary/aromatic N) is 2. The molecule has 0 spiro atoms. The number of aromatic nitrogens is 2. The van der Waals surface area contributed by atoms with Crippen molar-refractivity contribution in [2.45, 2.75) is 78.8 Å². The number of carbonyl (C=O) groups is 2. The zero-order valence-corrected chi connectivity index (χ0v) is 25.3. The van der Waals surface area contributed by atoms with Crippen LogP contribution in [0.15, 0.2) is 60.5 Å². The molecule has 4 rings (SSSR count). The number of methoxy groups -OCH3 is 1. The molecule has 0 saturated heterocycles. The Labute approximate surface area is 251 Å². The molecule has 0 radical (unpaired) electrons. The van der Waals surface area contributed by atoms with Crippen LogP contribution in [0.1, 0.15) is 71.0 Å². The highest BCUT2D eigenvalue weighted by Gasteiger charge is 2.66. The number of carbonyl (C=O) groups excluding carboxylic acids is 2. The second-order valence-electron chi connectivity index (χ2n) is 10.6. The molecule has 1 saturated carbocycles. The minimum atomic E-state index is -4.45. The van der Waals surface area contributed by atoms with Crippen LogP contribution in [0.5, 0.6) is 0 Å². The fourth-order valence-corrected chi connectivity index (χ4v) is 4.87. The summed E-state index contributed by atoms with van der Waals surface area (Å²) in [6, 6.07) is 8.25. The van der Waals surface area contributed by atoms with E-state index < -0.39 is 17.4 Å². The van der Waals surface area contributed by atoms with Crippen LogP contribution in [-0.2, 0) is 27.2 Å². The maximum atomic E-state index is 15.0. The maximum Gasteiger partial charge on any atom is 0.401 e. The van der Waals surface area contributed by atoms with Crippen molar-refractivity contribution in [3.05, 3.63) is 83.0 Å². The number of rotatable bonds is 12. The number of aryl methyl sites for hydroxylation is 2. The molecular weight excluding hydrogens is 560 g/mol. The minimum absolute atomic E-state index is 0. The second kappa shape index (κ2) is 14.1. The second-order valence-corrected chi connectivity index (χ2v) is 10.6. The number of ether oxygens (including phenoxy) is 1. The number of Topliss-reactive ketones (excluding diaryl/α,β-unsaturated/α-hetero) is 2. The molecule has 5 nitrogen and oxygen atoms in total. The number of halogens is 4. The summed E-state index contributed by atoms with van der Waals surface area (Å²) in [7, 11) is 1.17. The van der Waals surface area contributed by atoms with E-state index in [1.807, 2.05) is 39.8 Å². The summed E-state index contributed by atoms with van der Waals surface area (Å²) in [5.74, 6) is -1.04. The lowest BCUT2D eigenvalue weighted by atomic mass is 9.98. The lowest BCUT2D eigenvalue weighted by Gasteiger charge is -2.21. The molecular formula is C34H40F4N2O3. The first-order valence-electron chi connectivity index (χ1n) is 14.5. The van der Waals surface area contributed by atoms with Gasteiger partial charge in [-0.25, -0.2) is 9.37 Å². The highest BCUT2D eigenvalue weighted by Crippen LogP contribution is 2.62. The third-order valence-corrected chi connectivity index (χ3v) is 7.55. The first kappa shape index (κ1) is 33.6. The topological polar surface area (TPSA) is 69.2 Å². The van der Waals surface area contributed by atoms with E-state index in [4.69, 9.17) is 4.74 Å². The van der Waals surface area contributed by atoms with Gasteiger partial charge in [-0.1, -0.05) is 39.5 Å². The number of alkyl halides is 3. The molecule has 1 aliphatic carbocycles. The average molecular weight is 601 g/mol. The summed E-state index contributed by atoms with van der Waals surface area (Å²) in [5, 5.41) is 0. The Morgan fingerprint density at radius 2 is 1.79 bits per heavy atom. The van der Waals surface area contributed by atoms with E-state index in [1.54, 1.807) is 12.3 Å². The quantitative estimate of drug-likeness (QED) is 0.118. The van der Waals surface area contributed by atoms with Crippen molar-refractivity contribution in [3.63, 3.8) is 0 Å². The number of allylic oxidation sites excluding steroid dienone is 3. The average Bonchev–Trinajstić information content (AvgIpc) is 3.79. The number of fused-ring (bicyclic) bond motifs is 1. The van der Waals surface area contributed by atoms with Gasteiger partial charge >= 0.3 is 6.18 Å². The normalized spacial score (nSPS) is 14.1. The van der Waals surface area contributed by atoms with Crippen molar-refractivity contribution < 1.29 is 33.3 Å². The highest BCUT2D eigenvalue weighted by molar-refractivity contribution is 5.84. The molecule has 0 bridgehead atoms. The van der Waals surface area contributed by atoms with Crippen molar-refractivity contribution in [3.8, 4) is 11.3 Å². The summed E-state index contributed by atoms with van der Waals surface area (Å²) < 4.78 is 60.3. The van der Waals surface area contributed by atoms with Crippen molar-refractivity contribution in [2.75, 3.05) is 7.11 Å². The van der Waals surface area contributed by atoms with Crippen molar-refractivity contribution in [1.29, 1.82) is 0 Å². The fraction of sp³-hybridized carbons (Fsp3) is 0.412. The first-order chi connectivity index (χ1) is 20.4. The van der Waals surface area contributed by atoms with Crippen molar-refractivity contribution >= 4 is 22.6 Å². The molecule has 3 aromatic rings. The predicted octanol–water partition coefficient (Wildman–Crippen LogP) is 8.86. The Kier molecular flexibility index (Phi) is 11.0. The SMILES string of the molecule is C=C(/C=C(\OC)C1(C(F)(F)F)CC1)CC(=O)Cc1ccc(-c2cnc3cc(CCC(=O)CC)c(C)cc3n2)cc1F.CC.[HH]. The fourth-order valence-electron chi connectivity index (χ4n) is 4.87. The first-order valence-corrected chi connectivity index (χ1v) is 14.5. The lowest BCUT2D eigenvalue weighted by Crippen LogP contribution is -2.27. The van der Waals surface area contributed by atoms with Crippen LogP contribution >= 0.6 is 0 Å². The van der Waals surface area contributed by atoms with Crippen LogP contribution in [-0.4, -0.2) is 34.8 Å². The smallest absolute Gasteiger partial charge is 0.401 e. The largest absolute Gasteiger partial charge is 0.500 e. The number of hydrogen-bond donors (Lipinski definition) is 0. The van der Waals surface area contributed by atoms with E-state index in [0.29, 0.717) is 41.6 Å². The maximum absolute atomic E-state index is 15.0. The van der Waals surface area contributed by atoms with Gasteiger partial charge in [0.05, 0.1) is 30.0 Å². The van der Waals surface area contributed by atoms with E-state index >= 15 is 0 Å². The Hall–Kier alpha value is -3.88. The van der Waals surface area contributed by atoms with Gasteiger partial charge in [0.15, 0.2) is 0 Å². The van der Waals surface area contributed by atoms with Gasteiger partial charge in [-0.3, -0.25) is 14.6 Å². The molecule has 2 aromatic carbocycles. The Bertz CT molecular complexity index is 1550. The standard InChI is InChI=1S/C32H32F4N2O3.C2H6.H2/c1-5-24(39)9-8-21-17-27-28(14-20(21)3)38-29(18-37-27)23-7-6-22(26(33)16-23)15-25(40)12-19(2)13-30(41-4)31(10-11-31)32(34,35)36;1-2;/h6-7,13-14,16-18H,2,5,8-12,15H2,1,3-4H3;1-2H3;1H/b30-13-;;. The van der Waals surface area contributed by atoms with Crippen LogP contribution < -0.4 is 0 Å². The van der Waals surface area contributed by atoms with Crippen LogP contribution in [0, 0.1) is 18.2 Å². The van der Waals surface area contributed by atoms with Crippen LogP contribution in [0.25, 0.3) is 22.3 Å². The molecule has 232 valence electrons. The zero-order valence-electron chi connectivity index (χ0n) is 25.3. The van der Waals surface area contributed by atoms with Gasteiger partial charge < -0.3 is 4.74 Å². The van der Waals surface area contributed by atoms with Gasteiger partial charge in [-0.2, -0.15) is 13.2 Å². The van der Waals surface area contributed by atoms with Gasteiger partial charge in [-0.05, 0) is 72.7 Å². The molecule has 0 N–H and O–H groups in total. The van der Waals surface area contributed by atoms with Gasteiger partial charge in [-0.15, -0.1) is 0 Å². The number of hydrogen-bond acceptors (Lipinski definition) is 5. The van der Waals surface area contributed by atoms with E-state index in [0.717, 1.165) is 11.1 Å². The summed E-state index contributed by atoms with van der Waals surface area (Å²) in [6.07, 6.45) is -0.721. The molecule has 0 amide bonds. The Morgan fingerprint density at radius 3 is 2.37 bits per heavy atom. The molecule has 9 heteroatoms. The molecule has 0 aliphatic heterocycles. The molecule has 0 atom stereocenters. The van der Waals surface area contributed by atoms with E-state index in [9.17, 15) is 27.2 Å². The van der Waals surface area contributed by atoms with Crippen molar-refractivity contribution in [2.24, 2.45) is 5.41 Å². The van der Waals surface area contributed by atoms with E-state index in [2.05, 4.69) is 16.5 Å². The predicted molar refractivity (Wildman–Crippen MR) is 162 cm³/mol. The van der Waals surface area contributed by atoms with Crippen LogP contribution in [0.2, 0.25) is 0 Å². The monoisotopic (exact) mass is 600 g/mol. The molecule has 1 heterocycles. The minimum Gasteiger partial charge on any atom is -0.500 e. The van der Waals surface area contributed by atoms with Crippen molar-refractivity contribution in [1.82, 2.24) is 9.97 Å². The van der Waals surface area contributed by atoms with Crippen LogP contribution in [0.4, 0.5) is 17.6 Å². The molecule has 1 aliphatic rings. The molecule has 1 aromatic heterocycles. The van der Waals surface area contributed by atoms with Crippen LogP contribution in [0.3, 0.4) is 0 Å². The Morgan fingerprint density at radius 1 is 1.09 bits per heavy atom. The summed E-state index contributed by atoms with van der Waals surface area (Å²) in [5.41, 5.74) is 2.61. The van der Waals surface area contributed by atoms with E-state index in [-0.39, 0.29) is 55.6 Å². The molecule has 0 unspecified atom stereocenters. The van der Waals surface area contributed by atoms with E-state index in [1.165, 1.54) is 25.3 Å². The summed E-state index contributed by atoms with van der Waals surface area (Å²) >= 11 is 0. The molecule has 1 fully saturated rings. The summed E-state index contributed by atoms with van der Waals surface area (Å²) in [4.78, 5) is 33.4. The third-order valence-electron chi connectivity index (χ3n) is 7.55. The zero-order chi connectivity index (χ0) is 31.9. The number of benzene rings is 2. The Balaban J connectivity index is 0.00000220. The third kappa shape index (κ3) is 7.94. The highest BCUT2D eigenvalue weighted by atomic mass is 19.4. The lowest BCUT2D eigenvalue weighted by molar-refractivity contribution is -0.184. The number of ketones is 2. The van der Waals surface area contributed by atoms with Gasteiger partial charge in [0.2, 0.25) is 0 Å². The molecule has 43 heavy (non-hydrogen) atoms.